The van der Waals surface area contributed by atoms with Crippen molar-refractivity contribution in [1.82, 2.24) is 20.9 Å². The number of nitrogens with zero attached hydrogens (tertiary/aromatic N) is 1. The number of rotatable bonds is 13. The summed E-state index contributed by atoms with van der Waals surface area (Å²) < 4.78 is 28.6. The van der Waals surface area contributed by atoms with E-state index in [2.05, 4.69) is 16.0 Å². The number of halogens is 2. The fourth-order valence-electron chi connectivity index (χ4n) is 7.31. The minimum absolute atomic E-state index is 0.0382. The maximum atomic E-state index is 14.4. The molecule has 10 heteroatoms. The summed E-state index contributed by atoms with van der Waals surface area (Å²) in [5, 5.41) is 21.1. The normalized spacial score (nSPS) is 21.6. The smallest absolute Gasteiger partial charge is 0.249 e. The number of hydrogen-bond donors (Lipinski definition) is 4. The Morgan fingerprint density at radius 3 is 2.35 bits per heavy atom. The van der Waals surface area contributed by atoms with Crippen LogP contribution in [0.1, 0.15) is 62.3 Å². The second-order valence-electron chi connectivity index (χ2n) is 13.3. The van der Waals surface area contributed by atoms with Crippen molar-refractivity contribution in [2.75, 3.05) is 6.54 Å². The van der Waals surface area contributed by atoms with Crippen molar-refractivity contribution in [2.24, 2.45) is 5.92 Å². The molecule has 3 amide bonds. The Hall–Kier alpha value is -4.15. The van der Waals surface area contributed by atoms with Gasteiger partial charge < -0.3 is 26.0 Å². The number of hydrogen-bond acceptors (Lipinski definition) is 5. The zero-order valence-electron chi connectivity index (χ0n) is 27.8. The zero-order chi connectivity index (χ0) is 34.4. The number of aryl methyl sites for hydroxylation is 1. The summed E-state index contributed by atoms with van der Waals surface area (Å²) in [5.41, 5.74) is 2.33. The largest absolute Gasteiger partial charge is 0.389 e. The summed E-state index contributed by atoms with van der Waals surface area (Å²) in [4.78, 5) is 42.5. The van der Waals surface area contributed by atoms with E-state index < -0.39 is 47.3 Å². The lowest BCUT2D eigenvalue weighted by atomic mass is 9.81. The maximum Gasteiger partial charge on any atom is 0.249 e. The van der Waals surface area contributed by atoms with Gasteiger partial charge in [0.25, 0.3) is 0 Å². The number of aliphatic hydroxyl groups excluding tert-OH is 1. The van der Waals surface area contributed by atoms with Gasteiger partial charge in [0.15, 0.2) is 0 Å². The molecule has 48 heavy (non-hydrogen) atoms. The van der Waals surface area contributed by atoms with Gasteiger partial charge in [-0.05, 0) is 72.4 Å². The van der Waals surface area contributed by atoms with Crippen LogP contribution in [-0.2, 0) is 40.2 Å². The van der Waals surface area contributed by atoms with Crippen molar-refractivity contribution in [3.63, 3.8) is 0 Å². The Morgan fingerprint density at radius 2 is 1.69 bits per heavy atom. The van der Waals surface area contributed by atoms with Crippen LogP contribution in [0.3, 0.4) is 0 Å². The van der Waals surface area contributed by atoms with Crippen molar-refractivity contribution in [2.45, 2.75) is 95.6 Å². The molecule has 256 valence electrons. The van der Waals surface area contributed by atoms with Crippen molar-refractivity contribution < 1.29 is 28.3 Å². The van der Waals surface area contributed by atoms with Gasteiger partial charge in [0.05, 0.1) is 12.1 Å². The summed E-state index contributed by atoms with van der Waals surface area (Å²) in [5.74, 6) is -2.78. The molecule has 0 aromatic heterocycles. The average molecular weight is 661 g/mol. The van der Waals surface area contributed by atoms with E-state index in [1.807, 2.05) is 68.4 Å². The number of benzene rings is 3. The van der Waals surface area contributed by atoms with E-state index in [-0.39, 0.29) is 36.3 Å². The van der Waals surface area contributed by atoms with E-state index in [1.165, 1.54) is 19.1 Å². The maximum absolute atomic E-state index is 14.4. The third kappa shape index (κ3) is 7.93. The van der Waals surface area contributed by atoms with E-state index >= 15 is 0 Å². The molecule has 0 saturated carbocycles. The lowest BCUT2D eigenvalue weighted by Crippen LogP contribution is -2.61. The second-order valence-corrected chi connectivity index (χ2v) is 13.3. The van der Waals surface area contributed by atoms with Gasteiger partial charge in [-0.2, -0.15) is 0 Å². The van der Waals surface area contributed by atoms with Gasteiger partial charge in [0.2, 0.25) is 17.7 Å². The summed E-state index contributed by atoms with van der Waals surface area (Å²) in [6.07, 6.45) is 1.14. The predicted molar refractivity (Wildman–Crippen MR) is 180 cm³/mol. The third-order valence-corrected chi connectivity index (χ3v) is 10.1. The SMILES string of the molecule is CC[C@H](C)[C@@]1(NC(C)=O)CCN([C@@H](CCc2ccccc2)C(=O)N[C@@H](Cc2cc(F)cc(F)c2)[C@H](O)[C@H]2Cc3ccccc3CN2)C1=O. The highest BCUT2D eigenvalue weighted by Crippen LogP contribution is 2.34. The number of amides is 3. The Balaban J connectivity index is 1.45. The Bertz CT molecular complexity index is 1580. The Kier molecular flexibility index (Phi) is 11.3. The zero-order valence-corrected chi connectivity index (χ0v) is 27.8. The van der Waals surface area contributed by atoms with Crippen LogP contribution in [0.5, 0.6) is 0 Å². The summed E-state index contributed by atoms with van der Waals surface area (Å²) in [7, 11) is 0. The molecule has 1 fully saturated rings. The fraction of sp³-hybridized carbons (Fsp3) is 0.447. The minimum atomic E-state index is -1.14. The van der Waals surface area contributed by atoms with Crippen LogP contribution in [-0.4, -0.2) is 64.0 Å². The van der Waals surface area contributed by atoms with Gasteiger partial charge in [-0.1, -0.05) is 74.9 Å². The minimum Gasteiger partial charge on any atom is -0.389 e. The second kappa shape index (κ2) is 15.4. The first kappa shape index (κ1) is 35.2. The van der Waals surface area contributed by atoms with Crippen LogP contribution >= 0.6 is 0 Å². The van der Waals surface area contributed by atoms with Crippen LogP contribution in [0.15, 0.2) is 72.8 Å². The number of carbonyl (C=O) groups is 3. The molecule has 3 aromatic rings. The molecule has 5 rings (SSSR count). The number of aliphatic hydroxyl groups is 1. The molecule has 0 bridgehead atoms. The first-order valence-corrected chi connectivity index (χ1v) is 16.9. The number of nitrogens with one attached hydrogen (secondary N) is 3. The van der Waals surface area contributed by atoms with Gasteiger partial charge in [-0.25, -0.2) is 8.78 Å². The third-order valence-electron chi connectivity index (χ3n) is 10.1. The molecule has 0 spiro atoms. The first-order valence-electron chi connectivity index (χ1n) is 16.9. The summed E-state index contributed by atoms with van der Waals surface area (Å²) >= 11 is 0. The van der Waals surface area contributed by atoms with Crippen LogP contribution in [0.4, 0.5) is 8.78 Å². The molecule has 8 nitrogen and oxygen atoms in total. The lowest BCUT2D eigenvalue weighted by Gasteiger charge is -2.37. The lowest BCUT2D eigenvalue weighted by molar-refractivity contribution is -0.144. The molecule has 0 aliphatic carbocycles. The monoisotopic (exact) mass is 660 g/mol. The molecule has 4 N–H and O–H groups in total. The van der Waals surface area contributed by atoms with Crippen LogP contribution < -0.4 is 16.0 Å². The predicted octanol–water partition coefficient (Wildman–Crippen LogP) is 4.22. The highest BCUT2D eigenvalue weighted by molar-refractivity contribution is 5.96. The summed E-state index contributed by atoms with van der Waals surface area (Å²) in [6.45, 7) is 6.06. The van der Waals surface area contributed by atoms with E-state index in [0.717, 1.165) is 22.8 Å². The molecule has 6 atom stereocenters. The van der Waals surface area contributed by atoms with E-state index in [4.69, 9.17) is 0 Å². The first-order chi connectivity index (χ1) is 23.0. The highest BCUT2D eigenvalue weighted by Gasteiger charge is 2.53. The molecule has 0 unspecified atom stereocenters. The molecule has 2 aliphatic heterocycles. The molecular formula is C38H46F2N4O4. The number of likely N-dealkylation sites (tertiary alicyclic amines) is 1. The van der Waals surface area contributed by atoms with Crippen molar-refractivity contribution in [1.29, 1.82) is 0 Å². The van der Waals surface area contributed by atoms with Crippen molar-refractivity contribution >= 4 is 17.7 Å². The van der Waals surface area contributed by atoms with Gasteiger partial charge in [0.1, 0.15) is 23.2 Å². The molecule has 3 aromatic carbocycles. The fourth-order valence-corrected chi connectivity index (χ4v) is 7.31. The van der Waals surface area contributed by atoms with Gasteiger partial charge >= 0.3 is 0 Å². The van der Waals surface area contributed by atoms with Crippen LogP contribution in [0.25, 0.3) is 0 Å². The summed E-state index contributed by atoms with van der Waals surface area (Å²) in [6, 6.07) is 18.4. The van der Waals surface area contributed by atoms with E-state index in [9.17, 15) is 28.3 Å². The van der Waals surface area contributed by atoms with Crippen molar-refractivity contribution in [3.8, 4) is 0 Å². The molecule has 2 heterocycles. The molecule has 2 aliphatic rings. The Morgan fingerprint density at radius 1 is 1.02 bits per heavy atom. The topological polar surface area (TPSA) is 111 Å². The molecule has 1 saturated heterocycles. The molecular weight excluding hydrogens is 614 g/mol. The number of fused-ring (bicyclic) bond motifs is 1. The van der Waals surface area contributed by atoms with E-state index in [1.54, 1.807) is 4.90 Å². The van der Waals surface area contributed by atoms with Gasteiger partial charge in [0, 0.05) is 32.1 Å². The Labute approximate surface area is 281 Å². The van der Waals surface area contributed by atoms with Gasteiger partial charge in [-0.3, -0.25) is 14.4 Å². The van der Waals surface area contributed by atoms with Gasteiger partial charge in [-0.15, -0.1) is 0 Å². The quantitative estimate of drug-likeness (QED) is 0.220. The standard InChI is InChI=1S/C38H46F2N4O4/c1-4-24(2)38(43-25(3)45)16-17-44(37(38)48)34(15-14-26-10-6-5-7-11-26)36(47)42-33(20-27-18-30(39)22-31(40)19-27)35(46)32-21-28-12-8-9-13-29(28)23-41-32/h5-13,18-19,22,24,32-35,41,46H,4,14-17,20-21,23H2,1-3H3,(H,42,47)(H,43,45)/t24-,32+,33-,34-,35+,38-/m0/s1. The number of carbonyl (C=O) groups excluding carboxylic acids is 3. The van der Waals surface area contributed by atoms with E-state index in [0.29, 0.717) is 38.6 Å². The molecule has 0 radical (unpaired) electrons. The average Bonchev–Trinajstić information content (AvgIpc) is 3.38. The van der Waals surface area contributed by atoms with Crippen LogP contribution in [0, 0.1) is 17.6 Å². The van der Waals surface area contributed by atoms with Crippen LogP contribution in [0.2, 0.25) is 0 Å². The van der Waals surface area contributed by atoms with Crippen molar-refractivity contribution in [3.05, 3.63) is 107 Å². The highest BCUT2D eigenvalue weighted by atomic mass is 19.1.